The number of nitrogens with zero attached hydrogens (tertiary/aromatic N) is 2. The third-order valence-electron chi connectivity index (χ3n) is 4.10. The summed E-state index contributed by atoms with van der Waals surface area (Å²) in [5.74, 6) is 1.80. The molecule has 2 rings (SSSR count). The lowest BCUT2D eigenvalue weighted by atomic mass is 10.1. The fraction of sp³-hybridized carbons (Fsp3) is 0.647. The Labute approximate surface area is 142 Å². The summed E-state index contributed by atoms with van der Waals surface area (Å²) in [6.07, 6.45) is 2.21. The van der Waals surface area contributed by atoms with E-state index in [1.54, 1.807) is 0 Å². The monoisotopic (exact) mass is 335 g/mol. The topological polar surface area (TPSA) is 72.0 Å². The predicted octanol–water partition coefficient (Wildman–Crippen LogP) is 3.12. The number of hydrogen-bond donors (Lipinski definition) is 1. The fourth-order valence-corrected chi connectivity index (χ4v) is 3.14. The summed E-state index contributed by atoms with van der Waals surface area (Å²) in [4.78, 5) is 33.0. The molecule has 1 atom stereocenters. The second-order valence-electron chi connectivity index (χ2n) is 6.57. The summed E-state index contributed by atoms with van der Waals surface area (Å²) in [6, 6.07) is 0.129. The average molecular weight is 335 g/mol. The minimum absolute atomic E-state index is 0.0325. The van der Waals surface area contributed by atoms with Gasteiger partial charge in [-0.05, 0) is 39.5 Å². The van der Waals surface area contributed by atoms with Crippen LogP contribution in [0.4, 0.5) is 0 Å². The predicted molar refractivity (Wildman–Crippen MR) is 91.9 cm³/mol. The van der Waals surface area contributed by atoms with Gasteiger partial charge in [-0.1, -0.05) is 25.6 Å². The van der Waals surface area contributed by atoms with Crippen molar-refractivity contribution in [2.75, 3.05) is 5.75 Å². The zero-order valence-electron chi connectivity index (χ0n) is 14.5. The van der Waals surface area contributed by atoms with E-state index >= 15 is 0 Å². The van der Waals surface area contributed by atoms with Gasteiger partial charge in [-0.25, -0.2) is 9.97 Å². The van der Waals surface area contributed by atoms with Gasteiger partial charge in [0.1, 0.15) is 10.9 Å². The molecule has 1 aliphatic rings. The van der Waals surface area contributed by atoms with Crippen molar-refractivity contribution in [2.24, 2.45) is 5.92 Å². The number of ketones is 1. The highest BCUT2D eigenvalue weighted by molar-refractivity contribution is 8.00. The smallest absolute Gasteiger partial charge is 0.230 e. The van der Waals surface area contributed by atoms with Crippen LogP contribution in [0.25, 0.3) is 0 Å². The van der Waals surface area contributed by atoms with Crippen LogP contribution in [0, 0.1) is 12.8 Å². The van der Waals surface area contributed by atoms with Crippen molar-refractivity contribution in [3.05, 3.63) is 17.1 Å². The molecule has 0 bridgehead atoms. The maximum Gasteiger partial charge on any atom is 0.230 e. The van der Waals surface area contributed by atoms with Crippen molar-refractivity contribution in [1.82, 2.24) is 15.3 Å². The number of carbonyl (C=O) groups is 2. The van der Waals surface area contributed by atoms with Crippen LogP contribution in [0.5, 0.6) is 0 Å². The van der Waals surface area contributed by atoms with Crippen LogP contribution in [0.2, 0.25) is 0 Å². The molecule has 1 saturated carbocycles. The molecule has 1 aromatic heterocycles. The lowest BCUT2D eigenvalue weighted by molar-refractivity contribution is -0.119. The minimum atomic E-state index is -0.0525. The lowest BCUT2D eigenvalue weighted by Gasteiger charge is -2.17. The van der Waals surface area contributed by atoms with Crippen molar-refractivity contribution in [3.8, 4) is 0 Å². The number of aromatic nitrogens is 2. The number of carbonyl (C=O) groups excluding carboxylic acids is 2. The summed E-state index contributed by atoms with van der Waals surface area (Å²) in [6.45, 7) is 9.50. The maximum atomic E-state index is 12.1. The van der Waals surface area contributed by atoms with E-state index in [2.05, 4.69) is 29.1 Å². The molecule has 0 aliphatic heterocycles. The molecular formula is C17H25N3O2S. The Morgan fingerprint density at radius 2 is 1.91 bits per heavy atom. The first-order chi connectivity index (χ1) is 10.8. The van der Waals surface area contributed by atoms with E-state index in [1.165, 1.54) is 18.7 Å². The number of nitrogens with one attached hydrogen (secondary N) is 1. The van der Waals surface area contributed by atoms with E-state index in [0.717, 1.165) is 18.7 Å². The quantitative estimate of drug-likeness (QED) is 0.471. The van der Waals surface area contributed by atoms with Gasteiger partial charge in [0.2, 0.25) is 5.91 Å². The number of hydrogen-bond acceptors (Lipinski definition) is 5. The number of aryl methyl sites for hydroxylation is 1. The van der Waals surface area contributed by atoms with Gasteiger partial charge in [-0.2, -0.15) is 0 Å². The molecule has 6 heteroatoms. The van der Waals surface area contributed by atoms with E-state index in [1.807, 2.05) is 13.8 Å². The summed E-state index contributed by atoms with van der Waals surface area (Å²) in [5.41, 5.74) is 1.26. The standard InChI is InChI=1S/C17H25N3O2S/c1-9(2)10(3)18-14(22)8-23-17-15(12(5)21)11(4)19-16(20-17)13-6-7-13/h9-10,13H,6-8H2,1-5H3,(H,18,22)/t10-/m0/s1. The largest absolute Gasteiger partial charge is 0.353 e. The van der Waals surface area contributed by atoms with Crippen LogP contribution in [0.3, 0.4) is 0 Å². The molecule has 1 aliphatic carbocycles. The van der Waals surface area contributed by atoms with E-state index < -0.39 is 0 Å². The molecule has 5 nitrogen and oxygen atoms in total. The van der Waals surface area contributed by atoms with E-state index in [-0.39, 0.29) is 23.5 Å². The molecule has 1 aromatic rings. The Hall–Kier alpha value is -1.43. The highest BCUT2D eigenvalue weighted by Crippen LogP contribution is 2.39. The van der Waals surface area contributed by atoms with Crippen molar-refractivity contribution in [3.63, 3.8) is 0 Å². The first kappa shape index (κ1) is 17.9. The first-order valence-electron chi connectivity index (χ1n) is 8.11. The number of thioether (sulfide) groups is 1. The van der Waals surface area contributed by atoms with Gasteiger partial charge in [0.15, 0.2) is 5.78 Å². The minimum Gasteiger partial charge on any atom is -0.353 e. The molecule has 0 aromatic carbocycles. The molecule has 1 N–H and O–H groups in total. The van der Waals surface area contributed by atoms with E-state index in [0.29, 0.717) is 28.1 Å². The SMILES string of the molecule is CC(=O)c1c(C)nc(C2CC2)nc1SCC(=O)N[C@@H](C)C(C)C. The number of rotatable bonds is 7. The maximum absolute atomic E-state index is 12.1. The van der Waals surface area contributed by atoms with Crippen LogP contribution in [0.15, 0.2) is 5.03 Å². The van der Waals surface area contributed by atoms with Gasteiger partial charge in [0.05, 0.1) is 17.0 Å². The summed E-state index contributed by atoms with van der Waals surface area (Å²) >= 11 is 1.33. The van der Waals surface area contributed by atoms with Gasteiger partial charge >= 0.3 is 0 Å². The Morgan fingerprint density at radius 1 is 1.26 bits per heavy atom. The van der Waals surface area contributed by atoms with Gasteiger partial charge in [-0.3, -0.25) is 9.59 Å². The molecule has 0 saturated heterocycles. The molecule has 126 valence electrons. The van der Waals surface area contributed by atoms with Gasteiger partial charge in [0, 0.05) is 12.0 Å². The van der Waals surface area contributed by atoms with Crippen molar-refractivity contribution < 1.29 is 9.59 Å². The summed E-state index contributed by atoms with van der Waals surface area (Å²) in [7, 11) is 0. The third kappa shape index (κ3) is 4.77. The third-order valence-corrected chi connectivity index (χ3v) is 5.07. The number of Topliss-reactive ketones (excluding diaryl/α,β-unsaturated/α-hetero) is 1. The van der Waals surface area contributed by atoms with E-state index in [4.69, 9.17) is 0 Å². The molecule has 0 spiro atoms. The van der Waals surface area contributed by atoms with E-state index in [9.17, 15) is 9.59 Å². The molecule has 0 radical (unpaired) electrons. The van der Waals surface area contributed by atoms with Gasteiger partial charge < -0.3 is 5.32 Å². The van der Waals surface area contributed by atoms with Gasteiger partial charge in [0.25, 0.3) is 0 Å². The Bertz CT molecular complexity index is 612. The van der Waals surface area contributed by atoms with Crippen LogP contribution in [0.1, 0.15) is 68.3 Å². The van der Waals surface area contributed by atoms with Crippen LogP contribution < -0.4 is 5.32 Å². The van der Waals surface area contributed by atoms with Crippen LogP contribution >= 0.6 is 11.8 Å². The summed E-state index contributed by atoms with van der Waals surface area (Å²) in [5, 5.41) is 3.61. The van der Waals surface area contributed by atoms with Crippen molar-refractivity contribution in [1.29, 1.82) is 0 Å². The molecule has 1 heterocycles. The average Bonchev–Trinajstić information content (AvgIpc) is 3.28. The van der Waals surface area contributed by atoms with Crippen molar-refractivity contribution in [2.45, 2.75) is 64.4 Å². The fourth-order valence-electron chi connectivity index (χ4n) is 2.20. The van der Waals surface area contributed by atoms with Crippen LogP contribution in [-0.4, -0.2) is 33.5 Å². The Balaban J connectivity index is 2.11. The highest BCUT2D eigenvalue weighted by atomic mass is 32.2. The summed E-state index contributed by atoms with van der Waals surface area (Å²) < 4.78 is 0. The molecule has 23 heavy (non-hydrogen) atoms. The Morgan fingerprint density at radius 3 is 2.43 bits per heavy atom. The lowest BCUT2D eigenvalue weighted by Crippen LogP contribution is -2.37. The zero-order valence-corrected chi connectivity index (χ0v) is 15.3. The molecule has 1 fully saturated rings. The second-order valence-corrected chi connectivity index (χ2v) is 7.53. The van der Waals surface area contributed by atoms with Crippen molar-refractivity contribution >= 4 is 23.5 Å². The number of amides is 1. The van der Waals surface area contributed by atoms with Crippen LogP contribution in [-0.2, 0) is 4.79 Å². The second kappa shape index (κ2) is 7.43. The highest BCUT2D eigenvalue weighted by Gasteiger charge is 2.29. The zero-order chi connectivity index (χ0) is 17.1. The van der Waals surface area contributed by atoms with Gasteiger partial charge in [-0.15, -0.1) is 0 Å². The Kier molecular flexibility index (Phi) is 5.79. The molecule has 1 amide bonds. The normalized spacial score (nSPS) is 15.6. The first-order valence-corrected chi connectivity index (χ1v) is 9.09. The molecular weight excluding hydrogens is 310 g/mol. The molecule has 0 unspecified atom stereocenters.